The topological polar surface area (TPSA) is 85.0 Å². The van der Waals surface area contributed by atoms with Crippen LogP contribution in [0.4, 0.5) is 0 Å². The molecule has 1 unspecified atom stereocenters. The van der Waals surface area contributed by atoms with Gasteiger partial charge in [0.25, 0.3) is 11.8 Å². The minimum atomic E-state index is -0.649. The molecule has 0 fully saturated rings. The van der Waals surface area contributed by atoms with Crippen LogP contribution in [-0.4, -0.2) is 38.4 Å². The maximum Gasteiger partial charge on any atom is 0.269 e. The van der Waals surface area contributed by atoms with Crippen molar-refractivity contribution in [2.45, 2.75) is 5.25 Å². The van der Waals surface area contributed by atoms with Gasteiger partial charge in [-0.3, -0.25) is 19.9 Å². The molecule has 19 heavy (non-hydrogen) atoms. The first-order valence-electron chi connectivity index (χ1n) is 5.09. The second kappa shape index (κ2) is 5.28. The van der Waals surface area contributed by atoms with E-state index >= 15 is 0 Å². The maximum atomic E-state index is 12.1. The lowest BCUT2D eigenvalue weighted by Crippen LogP contribution is -2.31. The molecule has 0 aromatic rings. The zero-order valence-electron chi connectivity index (χ0n) is 9.50. The molecule has 2 aliphatic heterocycles. The molecule has 2 rings (SSSR count). The number of nitrogens with one attached hydrogen (secondary N) is 1. The molecule has 8 heteroatoms. The second-order valence-corrected chi connectivity index (χ2v) is 6.22. The van der Waals surface area contributed by atoms with E-state index in [9.17, 15) is 9.59 Å². The third-order valence-electron chi connectivity index (χ3n) is 2.43. The van der Waals surface area contributed by atoms with E-state index in [0.717, 1.165) is 28.4 Å². The van der Waals surface area contributed by atoms with Crippen LogP contribution in [0.1, 0.15) is 0 Å². The average Bonchev–Trinajstić information content (AvgIpc) is 2.62. The molecule has 0 bridgehead atoms. The summed E-state index contributed by atoms with van der Waals surface area (Å²) in [6.45, 7) is 3.63. The molecule has 2 heterocycles. The Morgan fingerprint density at radius 2 is 2.16 bits per heavy atom. The van der Waals surface area contributed by atoms with Gasteiger partial charge < -0.3 is 0 Å². The number of hydrogen-bond donors (Lipinski definition) is 1. The summed E-state index contributed by atoms with van der Waals surface area (Å²) in [7, 11) is 0. The minimum absolute atomic E-state index is 0.0384. The van der Waals surface area contributed by atoms with Gasteiger partial charge in [-0.1, -0.05) is 30.1 Å². The largest absolute Gasteiger partial charge is 0.296 e. The molecule has 5 nitrogen and oxygen atoms in total. The van der Waals surface area contributed by atoms with Crippen LogP contribution < -0.4 is 0 Å². The Morgan fingerprint density at radius 1 is 1.53 bits per heavy atom. The molecular formula is C11H7N3O2S3. The quantitative estimate of drug-likeness (QED) is 0.483. The molecule has 0 saturated carbocycles. The van der Waals surface area contributed by atoms with Crippen LogP contribution in [-0.2, 0) is 9.59 Å². The summed E-state index contributed by atoms with van der Waals surface area (Å²) in [5, 5.41) is 16.1. The predicted molar refractivity (Wildman–Crippen MR) is 78.9 cm³/mol. The molecule has 0 saturated heterocycles. The lowest BCUT2D eigenvalue weighted by molar-refractivity contribution is -0.136. The van der Waals surface area contributed by atoms with Gasteiger partial charge >= 0.3 is 0 Å². The number of rotatable bonds is 3. The van der Waals surface area contributed by atoms with Crippen LogP contribution in [0.5, 0.6) is 0 Å². The SMILES string of the molecule is C=CCN1C(=O)C2=C(SC(C(=S)C#N)C(=N)S2)C1=O. The van der Waals surface area contributed by atoms with Crippen molar-refractivity contribution in [2.24, 2.45) is 0 Å². The first kappa shape index (κ1) is 14.0. The Labute approximate surface area is 123 Å². The van der Waals surface area contributed by atoms with Gasteiger partial charge in [-0.15, -0.1) is 18.3 Å². The smallest absolute Gasteiger partial charge is 0.269 e. The number of carbonyl (C=O) groups is 2. The van der Waals surface area contributed by atoms with E-state index < -0.39 is 17.1 Å². The minimum Gasteiger partial charge on any atom is -0.296 e. The Morgan fingerprint density at radius 3 is 2.74 bits per heavy atom. The summed E-state index contributed by atoms with van der Waals surface area (Å²) in [5.41, 5.74) is 0. The first-order valence-corrected chi connectivity index (χ1v) is 7.20. The summed E-state index contributed by atoms with van der Waals surface area (Å²) in [6, 6.07) is 1.82. The Kier molecular flexibility index (Phi) is 3.89. The van der Waals surface area contributed by atoms with E-state index in [1.807, 2.05) is 6.07 Å². The summed E-state index contributed by atoms with van der Waals surface area (Å²) in [6.07, 6.45) is 1.46. The van der Waals surface area contributed by atoms with Crippen LogP contribution in [0.3, 0.4) is 0 Å². The number of imide groups is 1. The molecule has 2 aliphatic rings. The number of thioether (sulfide) groups is 2. The fourth-order valence-corrected chi connectivity index (χ4v) is 4.21. The van der Waals surface area contributed by atoms with Crippen molar-refractivity contribution in [1.82, 2.24) is 4.90 Å². The van der Waals surface area contributed by atoms with Gasteiger partial charge in [-0.25, -0.2) is 0 Å². The van der Waals surface area contributed by atoms with Gasteiger partial charge in [0.05, 0.1) is 14.9 Å². The van der Waals surface area contributed by atoms with Crippen LogP contribution in [0, 0.1) is 16.7 Å². The molecule has 0 spiro atoms. The van der Waals surface area contributed by atoms with E-state index in [1.54, 1.807) is 0 Å². The van der Waals surface area contributed by atoms with Crippen LogP contribution in [0.2, 0.25) is 0 Å². The van der Waals surface area contributed by atoms with Gasteiger partial charge in [-0.2, -0.15) is 5.26 Å². The number of hydrogen-bond acceptors (Lipinski definition) is 7. The second-order valence-electron chi connectivity index (χ2n) is 3.61. The highest BCUT2D eigenvalue weighted by molar-refractivity contribution is 8.23. The molecule has 1 N–H and O–H groups in total. The van der Waals surface area contributed by atoms with Crippen LogP contribution in [0.25, 0.3) is 0 Å². The van der Waals surface area contributed by atoms with Crippen molar-refractivity contribution in [3.05, 3.63) is 22.5 Å². The summed E-state index contributed by atoms with van der Waals surface area (Å²) in [5.74, 6) is -0.820. The van der Waals surface area contributed by atoms with E-state index in [4.69, 9.17) is 22.9 Å². The average molecular weight is 309 g/mol. The number of nitriles is 1. The Bertz CT molecular complexity index is 603. The highest BCUT2D eigenvalue weighted by atomic mass is 32.2. The van der Waals surface area contributed by atoms with Crippen molar-refractivity contribution in [2.75, 3.05) is 6.54 Å². The Hall–Kier alpha value is -1.43. The monoisotopic (exact) mass is 309 g/mol. The molecule has 1 atom stereocenters. The number of carbonyl (C=O) groups excluding carboxylic acids is 2. The fourth-order valence-electron chi connectivity index (χ4n) is 1.59. The Balaban J connectivity index is 2.34. The molecular weight excluding hydrogens is 302 g/mol. The third kappa shape index (κ3) is 2.25. The van der Waals surface area contributed by atoms with Gasteiger partial charge in [0.15, 0.2) is 0 Å². The van der Waals surface area contributed by atoms with Crippen molar-refractivity contribution in [1.29, 1.82) is 10.7 Å². The van der Waals surface area contributed by atoms with Crippen LogP contribution in [0.15, 0.2) is 22.5 Å². The number of amides is 2. The van der Waals surface area contributed by atoms with E-state index in [2.05, 4.69) is 6.58 Å². The molecule has 0 aliphatic carbocycles. The van der Waals surface area contributed by atoms with E-state index in [0.29, 0.717) is 0 Å². The highest BCUT2D eigenvalue weighted by Gasteiger charge is 2.44. The van der Waals surface area contributed by atoms with E-state index in [-0.39, 0.29) is 26.3 Å². The molecule has 0 radical (unpaired) electrons. The lowest BCUT2D eigenvalue weighted by Gasteiger charge is -2.19. The maximum absolute atomic E-state index is 12.1. The highest BCUT2D eigenvalue weighted by Crippen LogP contribution is 2.45. The normalized spacial score (nSPS) is 22.4. The summed E-state index contributed by atoms with van der Waals surface area (Å²) >= 11 is 6.79. The third-order valence-corrected chi connectivity index (χ3v) is 5.55. The van der Waals surface area contributed by atoms with Gasteiger partial charge in [0.2, 0.25) is 0 Å². The summed E-state index contributed by atoms with van der Waals surface area (Å²) in [4.78, 5) is 25.7. The van der Waals surface area contributed by atoms with Crippen LogP contribution >= 0.6 is 35.7 Å². The van der Waals surface area contributed by atoms with Gasteiger partial charge in [0, 0.05) is 6.54 Å². The van der Waals surface area contributed by atoms with Gasteiger partial charge in [0.1, 0.15) is 16.2 Å². The number of thiocarbonyl (C=S) groups is 1. The standard InChI is InChI=1S/C11H7N3O2S3/c1-2-3-14-10(15)7-8(11(14)16)19-9(13)6(18-7)5(17)4-12/h2,6,13H,1,3H2. The molecule has 2 amide bonds. The predicted octanol–water partition coefficient (Wildman–Crippen LogP) is 1.47. The molecule has 0 aromatic carbocycles. The van der Waals surface area contributed by atoms with E-state index in [1.165, 1.54) is 6.08 Å². The summed E-state index contributed by atoms with van der Waals surface area (Å²) < 4.78 is 0. The lowest BCUT2D eigenvalue weighted by atomic mass is 10.3. The zero-order chi connectivity index (χ0) is 14.2. The molecule has 0 aromatic heterocycles. The molecule has 96 valence electrons. The first-order chi connectivity index (χ1) is 9.01. The van der Waals surface area contributed by atoms with Crippen molar-refractivity contribution >= 4 is 57.5 Å². The number of nitrogens with zero attached hydrogens (tertiary/aromatic N) is 2. The van der Waals surface area contributed by atoms with Crippen molar-refractivity contribution in [3.8, 4) is 6.07 Å². The van der Waals surface area contributed by atoms with Crippen molar-refractivity contribution < 1.29 is 9.59 Å². The van der Waals surface area contributed by atoms with Crippen molar-refractivity contribution in [3.63, 3.8) is 0 Å². The van der Waals surface area contributed by atoms with Gasteiger partial charge in [-0.05, 0) is 0 Å². The fraction of sp³-hybridized carbons (Fsp3) is 0.182. The zero-order valence-corrected chi connectivity index (χ0v) is 12.0.